The summed E-state index contributed by atoms with van der Waals surface area (Å²) in [4.78, 5) is 3.93. The molecule has 0 aliphatic rings. The molecule has 1 atom stereocenters. The number of aliphatic hydroxyl groups is 1. The highest BCUT2D eigenvalue weighted by Gasteiger charge is 2.13. The van der Waals surface area contributed by atoms with Gasteiger partial charge in [-0.25, -0.2) is 0 Å². The standard InChI is InChI=1S/C13H11Cl2NO/c14-11-3-1-2-10(13(11)15)12(17)8-9-4-6-16-7-5-9/h1-7,12,17H,8H2/t12-/m0/s1. The molecule has 0 bridgehead atoms. The van der Waals surface area contributed by atoms with Crippen LogP contribution in [0.5, 0.6) is 0 Å². The molecule has 1 aromatic heterocycles. The predicted octanol–water partition coefficient (Wildman–Crippen LogP) is 3.66. The Labute approximate surface area is 110 Å². The van der Waals surface area contributed by atoms with E-state index in [1.165, 1.54) is 0 Å². The molecule has 2 rings (SSSR count). The summed E-state index contributed by atoms with van der Waals surface area (Å²) in [7, 11) is 0. The third kappa shape index (κ3) is 2.97. The first-order valence-corrected chi connectivity index (χ1v) is 5.95. The van der Waals surface area contributed by atoms with Crippen molar-refractivity contribution in [3.8, 4) is 0 Å². The Morgan fingerprint density at radius 1 is 1.12 bits per heavy atom. The molecule has 0 fully saturated rings. The van der Waals surface area contributed by atoms with Gasteiger partial charge in [-0.3, -0.25) is 4.98 Å². The van der Waals surface area contributed by atoms with Crippen LogP contribution in [0, 0.1) is 0 Å². The molecule has 0 spiro atoms. The van der Waals surface area contributed by atoms with Crippen molar-refractivity contribution in [2.24, 2.45) is 0 Å². The fourth-order valence-corrected chi connectivity index (χ4v) is 2.06. The smallest absolute Gasteiger partial charge is 0.0845 e. The molecule has 0 amide bonds. The predicted molar refractivity (Wildman–Crippen MR) is 69.4 cm³/mol. The minimum atomic E-state index is -0.663. The number of nitrogens with zero attached hydrogens (tertiary/aromatic N) is 1. The SMILES string of the molecule is O[C@@H](Cc1ccncc1)c1cccc(Cl)c1Cl. The second kappa shape index (κ2) is 5.50. The lowest BCUT2D eigenvalue weighted by Crippen LogP contribution is -2.02. The summed E-state index contributed by atoms with van der Waals surface area (Å²) in [6.45, 7) is 0. The first kappa shape index (κ1) is 12.4. The molecule has 0 unspecified atom stereocenters. The zero-order chi connectivity index (χ0) is 12.3. The number of halogens is 2. The summed E-state index contributed by atoms with van der Waals surface area (Å²) >= 11 is 12.0. The fraction of sp³-hybridized carbons (Fsp3) is 0.154. The topological polar surface area (TPSA) is 33.1 Å². The average molecular weight is 268 g/mol. The number of pyridine rings is 1. The Morgan fingerprint density at radius 2 is 1.82 bits per heavy atom. The van der Waals surface area contributed by atoms with E-state index in [1.54, 1.807) is 30.6 Å². The van der Waals surface area contributed by atoms with Crippen molar-refractivity contribution in [2.75, 3.05) is 0 Å². The maximum Gasteiger partial charge on any atom is 0.0845 e. The zero-order valence-corrected chi connectivity index (χ0v) is 10.5. The number of rotatable bonds is 3. The van der Waals surface area contributed by atoms with Crippen LogP contribution < -0.4 is 0 Å². The molecule has 17 heavy (non-hydrogen) atoms. The maximum absolute atomic E-state index is 10.1. The largest absolute Gasteiger partial charge is 0.388 e. The van der Waals surface area contributed by atoms with E-state index in [-0.39, 0.29) is 0 Å². The molecular formula is C13H11Cl2NO. The van der Waals surface area contributed by atoms with Gasteiger partial charge in [0, 0.05) is 24.4 Å². The molecule has 0 aliphatic heterocycles. The van der Waals surface area contributed by atoms with Crippen LogP contribution in [0.1, 0.15) is 17.2 Å². The quantitative estimate of drug-likeness (QED) is 0.921. The molecule has 4 heteroatoms. The van der Waals surface area contributed by atoms with E-state index >= 15 is 0 Å². The highest BCUT2D eigenvalue weighted by atomic mass is 35.5. The second-order valence-electron chi connectivity index (χ2n) is 3.72. The molecule has 2 aromatic rings. The summed E-state index contributed by atoms with van der Waals surface area (Å²) in [5.41, 5.74) is 1.65. The highest BCUT2D eigenvalue weighted by molar-refractivity contribution is 6.42. The van der Waals surface area contributed by atoms with Crippen molar-refractivity contribution in [1.82, 2.24) is 4.98 Å². The Balaban J connectivity index is 2.20. The van der Waals surface area contributed by atoms with Gasteiger partial charge in [0.2, 0.25) is 0 Å². The van der Waals surface area contributed by atoms with Gasteiger partial charge in [0.05, 0.1) is 16.1 Å². The normalized spacial score (nSPS) is 12.4. The zero-order valence-electron chi connectivity index (χ0n) is 8.98. The van der Waals surface area contributed by atoms with Crippen molar-refractivity contribution in [3.05, 3.63) is 63.9 Å². The number of aliphatic hydroxyl groups excluding tert-OH is 1. The van der Waals surface area contributed by atoms with Gasteiger partial charge in [-0.05, 0) is 23.8 Å². The number of hydrogen-bond acceptors (Lipinski definition) is 2. The fourth-order valence-electron chi connectivity index (χ4n) is 1.63. The maximum atomic E-state index is 10.1. The van der Waals surface area contributed by atoms with Crippen LogP contribution in [0.4, 0.5) is 0 Å². The van der Waals surface area contributed by atoms with E-state index in [2.05, 4.69) is 4.98 Å². The monoisotopic (exact) mass is 267 g/mol. The van der Waals surface area contributed by atoms with Crippen LogP contribution in [0.25, 0.3) is 0 Å². The minimum Gasteiger partial charge on any atom is -0.388 e. The third-order valence-corrected chi connectivity index (χ3v) is 3.35. The summed E-state index contributed by atoms with van der Waals surface area (Å²) in [6, 6.07) is 8.98. The van der Waals surface area contributed by atoms with Crippen LogP contribution in [0.2, 0.25) is 10.0 Å². The van der Waals surface area contributed by atoms with Gasteiger partial charge in [0.1, 0.15) is 0 Å². The van der Waals surface area contributed by atoms with E-state index < -0.39 is 6.10 Å². The average Bonchev–Trinajstić information content (AvgIpc) is 2.34. The Kier molecular flexibility index (Phi) is 4.00. The Hall–Kier alpha value is -1.09. The van der Waals surface area contributed by atoms with Crippen LogP contribution in [-0.2, 0) is 6.42 Å². The van der Waals surface area contributed by atoms with Crippen LogP contribution >= 0.6 is 23.2 Å². The second-order valence-corrected chi connectivity index (χ2v) is 4.50. The molecular weight excluding hydrogens is 257 g/mol. The molecule has 2 nitrogen and oxygen atoms in total. The lowest BCUT2D eigenvalue weighted by molar-refractivity contribution is 0.178. The van der Waals surface area contributed by atoms with Gasteiger partial charge in [-0.2, -0.15) is 0 Å². The van der Waals surface area contributed by atoms with E-state index in [0.29, 0.717) is 22.0 Å². The third-order valence-electron chi connectivity index (χ3n) is 2.52. The number of benzene rings is 1. The first-order chi connectivity index (χ1) is 8.18. The van der Waals surface area contributed by atoms with E-state index in [4.69, 9.17) is 23.2 Å². The van der Waals surface area contributed by atoms with E-state index in [9.17, 15) is 5.11 Å². The van der Waals surface area contributed by atoms with Crippen molar-refractivity contribution in [2.45, 2.75) is 12.5 Å². The van der Waals surface area contributed by atoms with Crippen LogP contribution in [-0.4, -0.2) is 10.1 Å². The minimum absolute atomic E-state index is 0.413. The Bertz CT molecular complexity index is 502. The number of aromatic nitrogens is 1. The van der Waals surface area contributed by atoms with Crippen LogP contribution in [0.3, 0.4) is 0 Å². The van der Waals surface area contributed by atoms with Gasteiger partial charge in [-0.15, -0.1) is 0 Å². The molecule has 0 aliphatic carbocycles. The van der Waals surface area contributed by atoms with Gasteiger partial charge in [0.15, 0.2) is 0 Å². The lowest BCUT2D eigenvalue weighted by Gasteiger charge is -2.13. The van der Waals surface area contributed by atoms with Crippen molar-refractivity contribution in [1.29, 1.82) is 0 Å². The molecule has 0 saturated heterocycles. The molecule has 88 valence electrons. The van der Waals surface area contributed by atoms with Gasteiger partial charge >= 0.3 is 0 Å². The van der Waals surface area contributed by atoms with Gasteiger partial charge < -0.3 is 5.11 Å². The Morgan fingerprint density at radius 3 is 2.53 bits per heavy atom. The lowest BCUT2D eigenvalue weighted by atomic mass is 10.0. The molecule has 1 heterocycles. The van der Waals surface area contributed by atoms with Crippen LogP contribution in [0.15, 0.2) is 42.7 Å². The molecule has 1 aromatic carbocycles. The molecule has 1 N–H and O–H groups in total. The van der Waals surface area contributed by atoms with Gasteiger partial charge in [-0.1, -0.05) is 35.3 Å². The summed E-state index contributed by atoms with van der Waals surface area (Å²) < 4.78 is 0. The van der Waals surface area contributed by atoms with E-state index in [0.717, 1.165) is 5.56 Å². The summed E-state index contributed by atoms with van der Waals surface area (Å²) in [5, 5.41) is 11.0. The number of hydrogen-bond donors (Lipinski definition) is 1. The van der Waals surface area contributed by atoms with Crippen molar-refractivity contribution >= 4 is 23.2 Å². The summed E-state index contributed by atoms with van der Waals surface area (Å²) in [6.07, 6.45) is 3.22. The van der Waals surface area contributed by atoms with Gasteiger partial charge in [0.25, 0.3) is 0 Å². The molecule has 0 saturated carbocycles. The first-order valence-electron chi connectivity index (χ1n) is 5.19. The highest BCUT2D eigenvalue weighted by Crippen LogP contribution is 2.31. The van der Waals surface area contributed by atoms with Crippen molar-refractivity contribution < 1.29 is 5.11 Å². The van der Waals surface area contributed by atoms with Crippen molar-refractivity contribution in [3.63, 3.8) is 0 Å². The summed E-state index contributed by atoms with van der Waals surface area (Å²) in [5.74, 6) is 0. The molecule has 0 radical (unpaired) electrons. The van der Waals surface area contributed by atoms with E-state index in [1.807, 2.05) is 12.1 Å².